The Bertz CT molecular complexity index is 912. The largest absolute Gasteiger partial charge is 0.339 e. The highest BCUT2D eigenvalue weighted by atomic mass is 16.2. The highest BCUT2D eigenvalue weighted by molar-refractivity contribution is 5.76. The van der Waals surface area contributed by atoms with Crippen molar-refractivity contribution in [2.75, 3.05) is 13.1 Å². The molecule has 1 aliphatic rings. The predicted molar refractivity (Wildman–Crippen MR) is 82.1 cm³/mol. The molecule has 0 aliphatic carbocycles. The quantitative estimate of drug-likeness (QED) is 0.633. The van der Waals surface area contributed by atoms with Crippen LogP contribution in [0.3, 0.4) is 0 Å². The summed E-state index contributed by atoms with van der Waals surface area (Å²) in [6.45, 7) is 1.16. The molecule has 0 saturated carbocycles. The van der Waals surface area contributed by atoms with Crippen molar-refractivity contribution in [1.82, 2.24) is 39.1 Å². The van der Waals surface area contributed by atoms with Gasteiger partial charge >= 0.3 is 0 Å². The Labute approximate surface area is 136 Å². The molecule has 0 bridgehead atoms. The molecule has 1 aliphatic heterocycles. The Morgan fingerprint density at radius 3 is 3.00 bits per heavy atom. The highest BCUT2D eigenvalue weighted by Gasteiger charge is 2.25. The molecule has 1 fully saturated rings. The number of amides is 1. The highest BCUT2D eigenvalue weighted by Crippen LogP contribution is 2.20. The van der Waals surface area contributed by atoms with Gasteiger partial charge in [0.1, 0.15) is 31.0 Å². The van der Waals surface area contributed by atoms with Crippen molar-refractivity contribution in [1.29, 1.82) is 0 Å². The van der Waals surface area contributed by atoms with Crippen molar-refractivity contribution < 1.29 is 4.79 Å². The van der Waals surface area contributed by atoms with E-state index in [1.165, 1.54) is 28.0 Å². The van der Waals surface area contributed by atoms with Crippen molar-refractivity contribution in [3.63, 3.8) is 0 Å². The van der Waals surface area contributed by atoms with Gasteiger partial charge < -0.3 is 4.90 Å². The van der Waals surface area contributed by atoms with E-state index in [1.54, 1.807) is 22.0 Å². The molecule has 0 aromatic carbocycles. The summed E-state index contributed by atoms with van der Waals surface area (Å²) in [6, 6.07) is 1.72. The second-order valence-electron chi connectivity index (χ2n) is 5.77. The monoisotopic (exact) mass is 328 g/mol. The summed E-state index contributed by atoms with van der Waals surface area (Å²) in [6.07, 6.45) is 7.95. The van der Waals surface area contributed by atoms with Crippen LogP contribution in [-0.4, -0.2) is 58.1 Å². The van der Waals surface area contributed by atoms with Crippen molar-refractivity contribution in [3.05, 3.63) is 41.6 Å². The average Bonchev–Trinajstić information content (AvgIpc) is 3.29. The Hall–Kier alpha value is -3.04. The Morgan fingerprint density at radius 2 is 2.17 bits per heavy atom. The lowest BCUT2D eigenvalue weighted by atomic mass is 10.1. The molecule has 1 unspecified atom stereocenters. The molecule has 3 aromatic heterocycles. The van der Waals surface area contributed by atoms with Crippen LogP contribution >= 0.6 is 0 Å². The maximum Gasteiger partial charge on any atom is 0.293 e. The van der Waals surface area contributed by atoms with E-state index in [4.69, 9.17) is 0 Å². The number of carbonyl (C=O) groups excluding carboxylic acids is 1. The fourth-order valence-electron chi connectivity index (χ4n) is 3.02. The first-order valence-corrected chi connectivity index (χ1v) is 7.74. The van der Waals surface area contributed by atoms with Gasteiger partial charge in [0.15, 0.2) is 0 Å². The van der Waals surface area contributed by atoms with E-state index in [-0.39, 0.29) is 24.1 Å². The molecule has 1 atom stereocenters. The first kappa shape index (κ1) is 14.5. The van der Waals surface area contributed by atoms with Gasteiger partial charge in [-0.2, -0.15) is 15.3 Å². The molecule has 10 nitrogen and oxygen atoms in total. The molecule has 1 saturated heterocycles. The minimum Gasteiger partial charge on any atom is -0.339 e. The van der Waals surface area contributed by atoms with Crippen LogP contribution < -0.4 is 5.56 Å². The molecule has 124 valence electrons. The Morgan fingerprint density at radius 1 is 1.25 bits per heavy atom. The minimum absolute atomic E-state index is 0.0788. The molecule has 1 amide bonds. The predicted octanol–water partition coefficient (Wildman–Crippen LogP) is -0.654. The number of hydrogen-bond acceptors (Lipinski definition) is 6. The van der Waals surface area contributed by atoms with Gasteiger partial charge in [-0.15, -0.1) is 0 Å². The third-order valence-electron chi connectivity index (χ3n) is 4.27. The van der Waals surface area contributed by atoms with E-state index in [0.717, 1.165) is 12.8 Å². The number of aromatic nitrogens is 7. The summed E-state index contributed by atoms with van der Waals surface area (Å²) in [4.78, 5) is 30.6. The third-order valence-corrected chi connectivity index (χ3v) is 4.27. The van der Waals surface area contributed by atoms with Gasteiger partial charge in [0.2, 0.25) is 5.91 Å². The first-order chi connectivity index (χ1) is 11.7. The Balaban J connectivity index is 1.50. The lowest BCUT2D eigenvalue weighted by molar-refractivity contribution is -0.133. The zero-order valence-electron chi connectivity index (χ0n) is 12.9. The van der Waals surface area contributed by atoms with Gasteiger partial charge in [0, 0.05) is 13.1 Å². The molecule has 4 rings (SSSR count). The van der Waals surface area contributed by atoms with Crippen LogP contribution in [0.15, 0.2) is 36.0 Å². The number of hydrogen-bond donors (Lipinski definition) is 0. The van der Waals surface area contributed by atoms with Crippen LogP contribution in [0.5, 0.6) is 0 Å². The fourth-order valence-corrected chi connectivity index (χ4v) is 3.02. The van der Waals surface area contributed by atoms with E-state index >= 15 is 0 Å². The zero-order valence-corrected chi connectivity index (χ0v) is 12.9. The van der Waals surface area contributed by atoms with E-state index < -0.39 is 0 Å². The van der Waals surface area contributed by atoms with Crippen LogP contribution in [0, 0.1) is 0 Å². The second kappa shape index (κ2) is 5.87. The fraction of sp³-hybridized carbons (Fsp3) is 0.429. The topological polar surface area (TPSA) is 103 Å². The van der Waals surface area contributed by atoms with E-state index in [9.17, 15) is 9.59 Å². The van der Waals surface area contributed by atoms with E-state index in [1.807, 2.05) is 0 Å². The lowest BCUT2D eigenvalue weighted by Gasteiger charge is -2.32. The zero-order chi connectivity index (χ0) is 16.5. The Kier molecular flexibility index (Phi) is 3.56. The maximum absolute atomic E-state index is 12.6. The van der Waals surface area contributed by atoms with Gasteiger partial charge in [0.25, 0.3) is 5.56 Å². The number of likely N-dealkylation sites (tertiary alicyclic amines) is 1. The summed E-state index contributed by atoms with van der Waals surface area (Å²) < 4.78 is 4.35. The summed E-state index contributed by atoms with van der Waals surface area (Å²) in [7, 11) is 0. The smallest absolute Gasteiger partial charge is 0.293 e. The number of carbonyl (C=O) groups is 1. The van der Waals surface area contributed by atoms with Gasteiger partial charge in [-0.25, -0.2) is 18.9 Å². The minimum atomic E-state index is -0.326. The van der Waals surface area contributed by atoms with Gasteiger partial charge in [-0.3, -0.25) is 9.59 Å². The van der Waals surface area contributed by atoms with Crippen molar-refractivity contribution in [3.8, 4) is 0 Å². The molecule has 10 heteroatoms. The molecule has 3 aromatic rings. The normalized spacial score (nSPS) is 18.2. The van der Waals surface area contributed by atoms with E-state index in [0.29, 0.717) is 18.6 Å². The van der Waals surface area contributed by atoms with Crippen LogP contribution in [0.4, 0.5) is 0 Å². The first-order valence-electron chi connectivity index (χ1n) is 7.74. The summed E-state index contributed by atoms with van der Waals surface area (Å²) in [5.41, 5.74) is 0.0742. The van der Waals surface area contributed by atoms with Crippen LogP contribution in [0.1, 0.15) is 18.9 Å². The summed E-state index contributed by atoms with van der Waals surface area (Å²) in [5.74, 6) is -0.127. The van der Waals surface area contributed by atoms with Gasteiger partial charge in [-0.05, 0) is 18.9 Å². The second-order valence-corrected chi connectivity index (χ2v) is 5.77. The van der Waals surface area contributed by atoms with Gasteiger partial charge in [0.05, 0.1) is 12.2 Å². The molecule has 0 radical (unpaired) electrons. The average molecular weight is 328 g/mol. The summed E-state index contributed by atoms with van der Waals surface area (Å²) in [5, 5.41) is 12.1. The standard InChI is InChI=1S/C14H16N8O2/c23-13(7-20-14(24)12-3-4-16-22(12)10-18-20)19-5-1-2-11(6-19)21-9-15-8-17-21/h3-4,8-11H,1-2,5-7H2. The molecule has 24 heavy (non-hydrogen) atoms. The van der Waals surface area contributed by atoms with Crippen LogP contribution in [-0.2, 0) is 11.3 Å². The van der Waals surface area contributed by atoms with E-state index in [2.05, 4.69) is 20.3 Å². The molecular formula is C14H16N8O2. The number of piperidine rings is 1. The van der Waals surface area contributed by atoms with Gasteiger partial charge in [-0.1, -0.05) is 0 Å². The van der Waals surface area contributed by atoms with Crippen LogP contribution in [0.25, 0.3) is 5.52 Å². The SMILES string of the molecule is O=C(Cn1ncn2nccc2c1=O)N1CCCC(n2cncn2)C1. The summed E-state index contributed by atoms with van der Waals surface area (Å²) >= 11 is 0. The van der Waals surface area contributed by atoms with Crippen LogP contribution in [0.2, 0.25) is 0 Å². The third kappa shape index (κ3) is 2.55. The number of rotatable bonds is 3. The molecule has 0 spiro atoms. The molecular weight excluding hydrogens is 312 g/mol. The number of nitrogens with zero attached hydrogens (tertiary/aromatic N) is 8. The van der Waals surface area contributed by atoms with Crippen molar-refractivity contribution >= 4 is 11.4 Å². The van der Waals surface area contributed by atoms with Crippen molar-refractivity contribution in [2.45, 2.75) is 25.4 Å². The van der Waals surface area contributed by atoms with Crippen molar-refractivity contribution in [2.24, 2.45) is 0 Å². The number of fused-ring (bicyclic) bond motifs is 1. The molecule has 4 heterocycles. The molecule has 0 N–H and O–H groups in total. The lowest BCUT2D eigenvalue weighted by Crippen LogP contribution is -2.43. The maximum atomic E-state index is 12.6.